The maximum Gasteiger partial charge on any atom is 0.137 e. The molecule has 0 saturated carbocycles. The molecule has 0 spiro atoms. The summed E-state index contributed by atoms with van der Waals surface area (Å²) in [4.78, 5) is 13.6. The summed E-state index contributed by atoms with van der Waals surface area (Å²) in [6.45, 7) is 4.97. The van der Waals surface area contributed by atoms with Crippen molar-refractivity contribution < 1.29 is 4.74 Å². The summed E-state index contributed by atoms with van der Waals surface area (Å²) in [6.07, 6.45) is 3.63. The fraction of sp³-hybridized carbons (Fsp3) is 0.375. The molecule has 110 valence electrons. The Morgan fingerprint density at radius 3 is 2.52 bits per heavy atom. The number of piperazine rings is 1. The fourth-order valence-electron chi connectivity index (χ4n) is 2.53. The lowest BCUT2D eigenvalue weighted by atomic mass is 10.2. The van der Waals surface area contributed by atoms with E-state index in [-0.39, 0.29) is 0 Å². The highest BCUT2D eigenvalue weighted by molar-refractivity contribution is 5.38. The van der Waals surface area contributed by atoms with Gasteiger partial charge in [0.1, 0.15) is 11.6 Å². The lowest BCUT2D eigenvalue weighted by molar-refractivity contribution is 0.246. The number of methoxy groups -OCH3 is 1. The van der Waals surface area contributed by atoms with Crippen LogP contribution in [0.5, 0.6) is 5.75 Å². The van der Waals surface area contributed by atoms with Crippen LogP contribution < -0.4 is 9.64 Å². The van der Waals surface area contributed by atoms with Crippen molar-refractivity contribution in [2.45, 2.75) is 6.54 Å². The molecule has 0 N–H and O–H groups in total. The Kier molecular flexibility index (Phi) is 4.31. The smallest absolute Gasteiger partial charge is 0.137 e. The van der Waals surface area contributed by atoms with Crippen molar-refractivity contribution in [3.8, 4) is 5.75 Å². The van der Waals surface area contributed by atoms with Gasteiger partial charge in [-0.1, -0.05) is 6.07 Å². The molecule has 5 nitrogen and oxygen atoms in total. The minimum absolute atomic E-state index is 0.804. The Morgan fingerprint density at radius 2 is 1.90 bits per heavy atom. The molecule has 0 aliphatic carbocycles. The Balaban J connectivity index is 1.53. The van der Waals surface area contributed by atoms with E-state index in [1.807, 2.05) is 30.5 Å². The molecule has 1 aliphatic rings. The van der Waals surface area contributed by atoms with E-state index in [0.717, 1.165) is 50.0 Å². The summed E-state index contributed by atoms with van der Waals surface area (Å²) in [5.41, 5.74) is 1.09. The number of aromatic nitrogens is 2. The highest BCUT2D eigenvalue weighted by Gasteiger charge is 2.18. The molecular formula is C16H20N4O. The summed E-state index contributed by atoms with van der Waals surface area (Å²) >= 11 is 0. The highest BCUT2D eigenvalue weighted by atomic mass is 16.5. The summed E-state index contributed by atoms with van der Waals surface area (Å²) in [7, 11) is 1.66. The van der Waals surface area contributed by atoms with Crippen molar-refractivity contribution in [3.05, 3.63) is 48.4 Å². The Morgan fingerprint density at radius 1 is 1.05 bits per heavy atom. The lowest BCUT2D eigenvalue weighted by Gasteiger charge is -2.35. The van der Waals surface area contributed by atoms with Crippen LogP contribution in [0.25, 0.3) is 0 Å². The molecule has 3 rings (SSSR count). The van der Waals surface area contributed by atoms with Gasteiger partial charge in [-0.3, -0.25) is 9.88 Å². The minimum Gasteiger partial charge on any atom is -0.495 e. The third kappa shape index (κ3) is 3.49. The van der Waals surface area contributed by atoms with Gasteiger partial charge in [-0.05, 0) is 24.3 Å². The van der Waals surface area contributed by atoms with Gasteiger partial charge in [-0.2, -0.15) is 0 Å². The van der Waals surface area contributed by atoms with Crippen LogP contribution in [0.1, 0.15) is 5.69 Å². The summed E-state index contributed by atoms with van der Waals surface area (Å²) in [6, 6.07) is 10.1. The number of pyridine rings is 2. The maximum absolute atomic E-state index is 5.13. The van der Waals surface area contributed by atoms with Gasteiger partial charge in [0.05, 0.1) is 19.0 Å². The van der Waals surface area contributed by atoms with E-state index in [1.54, 1.807) is 13.3 Å². The molecule has 5 heteroatoms. The molecule has 0 bridgehead atoms. The molecule has 1 fully saturated rings. The van der Waals surface area contributed by atoms with E-state index in [0.29, 0.717) is 0 Å². The van der Waals surface area contributed by atoms with Crippen molar-refractivity contribution in [3.63, 3.8) is 0 Å². The number of anilines is 1. The van der Waals surface area contributed by atoms with Crippen LogP contribution in [0.3, 0.4) is 0 Å². The standard InChI is InChI=1S/C16H20N4O/c1-21-15-6-5-14(18-12-15)13-19-8-10-20(11-9-19)16-4-2-3-7-17-16/h2-7,12H,8-11,13H2,1H3. The van der Waals surface area contributed by atoms with Crippen LogP contribution in [0.15, 0.2) is 42.7 Å². The first kappa shape index (κ1) is 13.8. The minimum atomic E-state index is 0.804. The highest BCUT2D eigenvalue weighted by Crippen LogP contribution is 2.14. The average molecular weight is 284 g/mol. The molecule has 0 unspecified atom stereocenters. The van der Waals surface area contributed by atoms with Crippen molar-refractivity contribution in [2.24, 2.45) is 0 Å². The third-order valence-corrected chi connectivity index (χ3v) is 3.76. The maximum atomic E-state index is 5.13. The average Bonchev–Trinajstić information content (AvgIpc) is 2.57. The zero-order valence-electron chi connectivity index (χ0n) is 12.3. The molecular weight excluding hydrogens is 264 g/mol. The number of ether oxygens (including phenoxy) is 1. The molecule has 2 aromatic rings. The van der Waals surface area contributed by atoms with Crippen LogP contribution in [0.2, 0.25) is 0 Å². The van der Waals surface area contributed by atoms with Gasteiger partial charge in [-0.15, -0.1) is 0 Å². The van der Waals surface area contributed by atoms with Gasteiger partial charge in [0.15, 0.2) is 0 Å². The zero-order chi connectivity index (χ0) is 14.5. The van der Waals surface area contributed by atoms with E-state index >= 15 is 0 Å². The van der Waals surface area contributed by atoms with E-state index in [9.17, 15) is 0 Å². The molecule has 2 aromatic heterocycles. The Bertz CT molecular complexity index is 550. The summed E-state index contributed by atoms with van der Waals surface area (Å²) < 4.78 is 5.13. The van der Waals surface area contributed by atoms with Crippen LogP contribution in [0, 0.1) is 0 Å². The zero-order valence-corrected chi connectivity index (χ0v) is 12.3. The van der Waals surface area contributed by atoms with Crippen molar-refractivity contribution in [1.29, 1.82) is 0 Å². The largest absolute Gasteiger partial charge is 0.495 e. The lowest BCUT2D eigenvalue weighted by Crippen LogP contribution is -2.46. The normalized spacial score (nSPS) is 16.0. The van der Waals surface area contributed by atoms with E-state index < -0.39 is 0 Å². The van der Waals surface area contributed by atoms with Crippen molar-refractivity contribution in [2.75, 3.05) is 38.2 Å². The SMILES string of the molecule is COc1ccc(CN2CCN(c3ccccn3)CC2)nc1. The second kappa shape index (κ2) is 6.54. The van der Waals surface area contributed by atoms with Crippen molar-refractivity contribution in [1.82, 2.24) is 14.9 Å². The molecule has 0 aromatic carbocycles. The van der Waals surface area contributed by atoms with Crippen LogP contribution in [-0.4, -0.2) is 48.2 Å². The fourth-order valence-corrected chi connectivity index (χ4v) is 2.53. The van der Waals surface area contributed by atoms with Crippen LogP contribution >= 0.6 is 0 Å². The molecule has 1 saturated heterocycles. The number of hydrogen-bond acceptors (Lipinski definition) is 5. The van der Waals surface area contributed by atoms with Gasteiger partial charge in [0.25, 0.3) is 0 Å². The number of rotatable bonds is 4. The van der Waals surface area contributed by atoms with Gasteiger partial charge in [-0.25, -0.2) is 4.98 Å². The van der Waals surface area contributed by atoms with Crippen LogP contribution in [-0.2, 0) is 6.54 Å². The molecule has 3 heterocycles. The summed E-state index contributed by atoms with van der Waals surface area (Å²) in [5.74, 6) is 1.87. The summed E-state index contributed by atoms with van der Waals surface area (Å²) in [5, 5.41) is 0. The predicted molar refractivity (Wildman–Crippen MR) is 82.5 cm³/mol. The van der Waals surface area contributed by atoms with Gasteiger partial charge < -0.3 is 9.64 Å². The van der Waals surface area contributed by atoms with E-state index in [4.69, 9.17) is 4.74 Å². The second-order valence-electron chi connectivity index (χ2n) is 5.14. The van der Waals surface area contributed by atoms with Gasteiger partial charge in [0.2, 0.25) is 0 Å². The third-order valence-electron chi connectivity index (χ3n) is 3.76. The molecule has 0 atom stereocenters. The molecule has 0 radical (unpaired) electrons. The number of hydrogen-bond donors (Lipinski definition) is 0. The number of nitrogens with zero attached hydrogens (tertiary/aromatic N) is 4. The van der Waals surface area contributed by atoms with E-state index in [2.05, 4.69) is 25.8 Å². The van der Waals surface area contributed by atoms with Gasteiger partial charge >= 0.3 is 0 Å². The van der Waals surface area contributed by atoms with E-state index in [1.165, 1.54) is 0 Å². The Hall–Kier alpha value is -2.14. The second-order valence-corrected chi connectivity index (χ2v) is 5.14. The molecule has 21 heavy (non-hydrogen) atoms. The molecule has 1 aliphatic heterocycles. The Labute approximate surface area is 125 Å². The van der Waals surface area contributed by atoms with Gasteiger partial charge in [0, 0.05) is 38.9 Å². The monoisotopic (exact) mass is 284 g/mol. The topological polar surface area (TPSA) is 41.5 Å². The molecule has 0 amide bonds. The first-order valence-electron chi connectivity index (χ1n) is 7.22. The van der Waals surface area contributed by atoms with Crippen molar-refractivity contribution >= 4 is 5.82 Å². The van der Waals surface area contributed by atoms with Crippen LogP contribution in [0.4, 0.5) is 5.82 Å². The predicted octanol–water partition coefficient (Wildman–Crippen LogP) is 1.81. The first-order valence-corrected chi connectivity index (χ1v) is 7.22. The quantitative estimate of drug-likeness (QED) is 0.856. The first-order chi connectivity index (χ1) is 10.3.